The van der Waals surface area contributed by atoms with Crippen LogP contribution in [0, 0.1) is 17.8 Å². The van der Waals surface area contributed by atoms with E-state index in [0.717, 1.165) is 25.4 Å². The lowest BCUT2D eigenvalue weighted by molar-refractivity contribution is -0.149. The van der Waals surface area contributed by atoms with Crippen LogP contribution in [0.4, 0.5) is 0 Å². The summed E-state index contributed by atoms with van der Waals surface area (Å²) in [5.74, 6) is 1.43. The maximum Gasteiger partial charge on any atom is 0.309 e. The molecule has 0 radical (unpaired) electrons. The fourth-order valence-corrected chi connectivity index (χ4v) is 3.21. The number of carbonyl (C=O) groups excluding carboxylic acids is 1. The summed E-state index contributed by atoms with van der Waals surface area (Å²) >= 11 is 0. The van der Waals surface area contributed by atoms with Crippen LogP contribution in [0.25, 0.3) is 0 Å². The van der Waals surface area contributed by atoms with Crippen molar-refractivity contribution in [2.45, 2.75) is 32.1 Å². The first-order valence-corrected chi connectivity index (χ1v) is 6.11. The van der Waals surface area contributed by atoms with Crippen LogP contribution in [0.2, 0.25) is 0 Å². The molecule has 86 valence electrons. The minimum Gasteiger partial charge on any atom is -0.469 e. The third-order valence-electron chi connectivity index (χ3n) is 4.04. The van der Waals surface area contributed by atoms with Gasteiger partial charge in [-0.05, 0) is 31.3 Å². The van der Waals surface area contributed by atoms with Crippen LogP contribution in [0.1, 0.15) is 32.1 Å². The SMILES string of the molecule is COC(=O)[C@@H]1CCNC[C@@H]1C1CCCC1. The number of carbonyl (C=O) groups is 1. The molecule has 2 aliphatic rings. The van der Waals surface area contributed by atoms with Gasteiger partial charge in [0, 0.05) is 0 Å². The van der Waals surface area contributed by atoms with Crippen LogP contribution < -0.4 is 5.32 Å². The number of nitrogens with one attached hydrogen (secondary N) is 1. The molecule has 1 heterocycles. The van der Waals surface area contributed by atoms with Gasteiger partial charge in [0.25, 0.3) is 0 Å². The Morgan fingerprint density at radius 1 is 1.27 bits per heavy atom. The van der Waals surface area contributed by atoms with Crippen molar-refractivity contribution in [1.82, 2.24) is 5.32 Å². The second-order valence-electron chi connectivity index (χ2n) is 4.83. The molecule has 0 amide bonds. The van der Waals surface area contributed by atoms with Crippen molar-refractivity contribution in [2.24, 2.45) is 17.8 Å². The Morgan fingerprint density at radius 3 is 2.67 bits per heavy atom. The highest BCUT2D eigenvalue weighted by atomic mass is 16.5. The van der Waals surface area contributed by atoms with Gasteiger partial charge in [-0.3, -0.25) is 4.79 Å². The first-order valence-electron chi connectivity index (χ1n) is 6.11. The van der Waals surface area contributed by atoms with Crippen LogP contribution >= 0.6 is 0 Å². The average Bonchev–Trinajstić information content (AvgIpc) is 2.81. The molecule has 0 aromatic heterocycles. The van der Waals surface area contributed by atoms with Gasteiger partial charge in [-0.2, -0.15) is 0 Å². The Balaban J connectivity index is 2.01. The summed E-state index contributed by atoms with van der Waals surface area (Å²) < 4.78 is 4.91. The second-order valence-corrected chi connectivity index (χ2v) is 4.83. The van der Waals surface area contributed by atoms with Crippen LogP contribution in [-0.2, 0) is 9.53 Å². The number of methoxy groups -OCH3 is 1. The lowest BCUT2D eigenvalue weighted by atomic mass is 9.77. The average molecular weight is 211 g/mol. The van der Waals surface area contributed by atoms with Crippen molar-refractivity contribution in [3.63, 3.8) is 0 Å². The summed E-state index contributed by atoms with van der Waals surface area (Å²) in [4.78, 5) is 11.7. The number of esters is 1. The molecule has 2 atom stereocenters. The molecule has 15 heavy (non-hydrogen) atoms. The Labute approximate surface area is 91.6 Å². The zero-order valence-corrected chi connectivity index (χ0v) is 9.50. The van der Waals surface area contributed by atoms with Gasteiger partial charge in [-0.1, -0.05) is 25.7 Å². The maximum atomic E-state index is 11.7. The molecule has 0 aromatic carbocycles. The quantitative estimate of drug-likeness (QED) is 0.705. The lowest BCUT2D eigenvalue weighted by Crippen LogP contribution is -2.43. The van der Waals surface area contributed by atoms with Crippen LogP contribution in [-0.4, -0.2) is 26.2 Å². The molecule has 1 N–H and O–H groups in total. The highest BCUT2D eigenvalue weighted by Crippen LogP contribution is 2.37. The standard InChI is InChI=1S/C12H21NO2/c1-15-12(14)10-6-7-13-8-11(10)9-4-2-3-5-9/h9-11,13H,2-8H2,1H3/t10-,11-/m1/s1. The van der Waals surface area contributed by atoms with E-state index in [-0.39, 0.29) is 11.9 Å². The summed E-state index contributed by atoms with van der Waals surface area (Å²) in [6.07, 6.45) is 6.25. The molecule has 3 heteroatoms. The number of piperidine rings is 1. The molecule has 2 fully saturated rings. The molecule has 1 saturated carbocycles. The van der Waals surface area contributed by atoms with Crippen molar-refractivity contribution in [1.29, 1.82) is 0 Å². The van der Waals surface area contributed by atoms with E-state index in [4.69, 9.17) is 4.74 Å². The Hall–Kier alpha value is -0.570. The van der Waals surface area contributed by atoms with E-state index in [1.807, 2.05) is 0 Å². The predicted octanol–water partition coefficient (Wildman–Crippen LogP) is 1.58. The van der Waals surface area contributed by atoms with Gasteiger partial charge >= 0.3 is 5.97 Å². The van der Waals surface area contributed by atoms with Crippen molar-refractivity contribution in [3.8, 4) is 0 Å². The zero-order chi connectivity index (χ0) is 10.7. The summed E-state index contributed by atoms with van der Waals surface area (Å²) in [7, 11) is 1.51. The van der Waals surface area contributed by atoms with E-state index in [0.29, 0.717) is 5.92 Å². The topological polar surface area (TPSA) is 38.3 Å². The highest BCUT2D eigenvalue weighted by Gasteiger charge is 2.37. The fraction of sp³-hybridized carbons (Fsp3) is 0.917. The maximum absolute atomic E-state index is 11.7. The van der Waals surface area contributed by atoms with E-state index in [2.05, 4.69) is 5.32 Å². The smallest absolute Gasteiger partial charge is 0.309 e. The molecule has 0 bridgehead atoms. The molecule has 0 unspecified atom stereocenters. The summed E-state index contributed by atoms with van der Waals surface area (Å²) in [6.45, 7) is 1.97. The Kier molecular flexibility index (Phi) is 3.62. The molecule has 2 rings (SSSR count). The Bertz CT molecular complexity index is 224. The lowest BCUT2D eigenvalue weighted by Gasteiger charge is -2.34. The minimum atomic E-state index is 0.00778. The number of rotatable bonds is 2. The monoisotopic (exact) mass is 211 g/mol. The molecular weight excluding hydrogens is 190 g/mol. The van der Waals surface area contributed by atoms with Crippen LogP contribution in [0.15, 0.2) is 0 Å². The van der Waals surface area contributed by atoms with E-state index >= 15 is 0 Å². The van der Waals surface area contributed by atoms with Gasteiger partial charge in [0.15, 0.2) is 0 Å². The summed E-state index contributed by atoms with van der Waals surface area (Å²) in [5, 5.41) is 3.41. The molecule has 3 nitrogen and oxygen atoms in total. The van der Waals surface area contributed by atoms with Crippen molar-refractivity contribution in [3.05, 3.63) is 0 Å². The highest BCUT2D eigenvalue weighted by molar-refractivity contribution is 5.72. The van der Waals surface area contributed by atoms with Gasteiger partial charge in [-0.25, -0.2) is 0 Å². The molecule has 1 aliphatic carbocycles. The van der Waals surface area contributed by atoms with Gasteiger partial charge < -0.3 is 10.1 Å². The number of ether oxygens (including phenoxy) is 1. The van der Waals surface area contributed by atoms with E-state index in [9.17, 15) is 4.79 Å². The van der Waals surface area contributed by atoms with Crippen LogP contribution in [0.3, 0.4) is 0 Å². The van der Waals surface area contributed by atoms with E-state index in [1.165, 1.54) is 32.8 Å². The molecule has 1 aliphatic heterocycles. The normalized spacial score (nSPS) is 32.9. The predicted molar refractivity (Wildman–Crippen MR) is 58.4 cm³/mol. The van der Waals surface area contributed by atoms with Gasteiger partial charge in [0.05, 0.1) is 13.0 Å². The number of hydrogen-bond acceptors (Lipinski definition) is 3. The zero-order valence-electron chi connectivity index (χ0n) is 9.50. The van der Waals surface area contributed by atoms with Crippen LogP contribution in [0.5, 0.6) is 0 Å². The van der Waals surface area contributed by atoms with Gasteiger partial charge in [0.1, 0.15) is 0 Å². The molecule has 1 saturated heterocycles. The number of hydrogen-bond donors (Lipinski definition) is 1. The molecule has 0 aromatic rings. The third kappa shape index (κ3) is 2.33. The minimum absolute atomic E-state index is 0.00778. The van der Waals surface area contributed by atoms with Gasteiger partial charge in [-0.15, -0.1) is 0 Å². The van der Waals surface area contributed by atoms with E-state index in [1.54, 1.807) is 0 Å². The largest absolute Gasteiger partial charge is 0.469 e. The first kappa shape index (κ1) is 10.9. The third-order valence-corrected chi connectivity index (χ3v) is 4.04. The second kappa shape index (κ2) is 4.97. The van der Waals surface area contributed by atoms with Crippen molar-refractivity contribution in [2.75, 3.05) is 20.2 Å². The van der Waals surface area contributed by atoms with E-state index < -0.39 is 0 Å². The van der Waals surface area contributed by atoms with Crippen molar-refractivity contribution >= 4 is 5.97 Å². The fourth-order valence-electron chi connectivity index (χ4n) is 3.21. The first-order chi connectivity index (χ1) is 7.33. The van der Waals surface area contributed by atoms with Crippen molar-refractivity contribution < 1.29 is 9.53 Å². The van der Waals surface area contributed by atoms with Gasteiger partial charge in [0.2, 0.25) is 0 Å². The molecule has 0 spiro atoms. The summed E-state index contributed by atoms with van der Waals surface area (Å²) in [6, 6.07) is 0. The molecular formula is C12H21NO2. The summed E-state index contributed by atoms with van der Waals surface area (Å²) in [5.41, 5.74) is 0. The Morgan fingerprint density at radius 2 is 2.00 bits per heavy atom.